The van der Waals surface area contributed by atoms with Gasteiger partial charge in [-0.05, 0) is 19.8 Å². The number of morpholine rings is 1. The molecule has 0 spiro atoms. The van der Waals surface area contributed by atoms with Crippen molar-refractivity contribution in [3.63, 3.8) is 0 Å². The Bertz CT molecular complexity index is 308. The highest BCUT2D eigenvalue weighted by Gasteiger charge is 2.27. The van der Waals surface area contributed by atoms with Gasteiger partial charge in [0, 0.05) is 19.5 Å². The molecule has 0 bridgehead atoms. The first-order valence-electron chi connectivity index (χ1n) is 6.28. The van der Waals surface area contributed by atoms with E-state index in [2.05, 4.69) is 5.32 Å². The van der Waals surface area contributed by atoms with Gasteiger partial charge in [0.1, 0.15) is 0 Å². The molecule has 0 aromatic carbocycles. The van der Waals surface area contributed by atoms with E-state index in [1.165, 1.54) is 0 Å². The molecule has 6 nitrogen and oxygen atoms in total. The highest BCUT2D eigenvalue weighted by Crippen LogP contribution is 2.11. The van der Waals surface area contributed by atoms with Gasteiger partial charge in [0.25, 0.3) is 0 Å². The number of rotatable bonds is 4. The van der Waals surface area contributed by atoms with E-state index >= 15 is 0 Å². The van der Waals surface area contributed by atoms with Gasteiger partial charge in [-0.3, -0.25) is 4.79 Å². The number of carboxylic acid groups (broad SMARTS) is 1. The Hall–Kier alpha value is -1.30. The summed E-state index contributed by atoms with van der Waals surface area (Å²) in [6.45, 7) is 7.16. The Morgan fingerprint density at radius 2 is 2.17 bits per heavy atom. The molecule has 6 heteroatoms. The molecule has 0 aromatic rings. The third-order valence-corrected chi connectivity index (χ3v) is 2.99. The quantitative estimate of drug-likeness (QED) is 0.785. The van der Waals surface area contributed by atoms with Crippen molar-refractivity contribution in [1.82, 2.24) is 10.2 Å². The van der Waals surface area contributed by atoms with Crippen molar-refractivity contribution < 1.29 is 19.4 Å². The van der Waals surface area contributed by atoms with Gasteiger partial charge in [-0.15, -0.1) is 0 Å². The molecule has 0 radical (unpaired) electrons. The minimum atomic E-state index is -0.842. The summed E-state index contributed by atoms with van der Waals surface area (Å²) in [7, 11) is 0. The lowest BCUT2D eigenvalue weighted by molar-refractivity contribution is -0.137. The molecule has 1 saturated heterocycles. The van der Waals surface area contributed by atoms with E-state index in [0.29, 0.717) is 19.7 Å². The second-order valence-electron chi connectivity index (χ2n) is 5.03. The van der Waals surface area contributed by atoms with Crippen molar-refractivity contribution in [3.8, 4) is 0 Å². The molecule has 1 fully saturated rings. The number of nitrogens with zero attached hydrogens (tertiary/aromatic N) is 1. The van der Waals surface area contributed by atoms with Gasteiger partial charge >= 0.3 is 12.0 Å². The molecule has 104 valence electrons. The maximum atomic E-state index is 12.0. The summed E-state index contributed by atoms with van der Waals surface area (Å²) in [6.07, 6.45) is 0.110. The van der Waals surface area contributed by atoms with Gasteiger partial charge in [0.2, 0.25) is 0 Å². The van der Waals surface area contributed by atoms with Crippen LogP contribution in [-0.2, 0) is 9.53 Å². The molecule has 1 aliphatic rings. The van der Waals surface area contributed by atoms with Crippen molar-refractivity contribution >= 4 is 12.0 Å². The van der Waals surface area contributed by atoms with Crippen LogP contribution >= 0.6 is 0 Å². The highest BCUT2D eigenvalue weighted by atomic mass is 16.5. The number of nitrogens with one attached hydrogen (secondary N) is 1. The number of aliphatic carboxylic acids is 1. The normalized spacial score (nSPS) is 25.6. The van der Waals surface area contributed by atoms with Crippen molar-refractivity contribution in [2.24, 2.45) is 5.92 Å². The van der Waals surface area contributed by atoms with E-state index in [4.69, 9.17) is 9.84 Å². The Morgan fingerprint density at radius 1 is 1.50 bits per heavy atom. The zero-order valence-electron chi connectivity index (χ0n) is 11.2. The van der Waals surface area contributed by atoms with E-state index in [1.807, 2.05) is 13.8 Å². The summed E-state index contributed by atoms with van der Waals surface area (Å²) in [5.74, 6) is -0.912. The first-order chi connectivity index (χ1) is 8.40. The summed E-state index contributed by atoms with van der Waals surface area (Å²) in [4.78, 5) is 24.2. The Balaban J connectivity index is 2.37. The molecule has 1 aliphatic heterocycles. The zero-order valence-corrected chi connectivity index (χ0v) is 11.2. The number of carbonyl (C=O) groups is 2. The number of hydrogen-bond donors (Lipinski definition) is 2. The van der Waals surface area contributed by atoms with Crippen LogP contribution in [-0.4, -0.2) is 53.8 Å². The van der Waals surface area contributed by atoms with E-state index in [9.17, 15) is 9.59 Å². The lowest BCUT2D eigenvalue weighted by Gasteiger charge is -2.36. The highest BCUT2D eigenvalue weighted by molar-refractivity contribution is 5.74. The average Bonchev–Trinajstić information content (AvgIpc) is 2.28. The second-order valence-corrected chi connectivity index (χ2v) is 5.03. The fraction of sp³-hybridized carbons (Fsp3) is 0.833. The molecule has 3 atom stereocenters. The topological polar surface area (TPSA) is 78.9 Å². The fourth-order valence-electron chi connectivity index (χ4n) is 1.92. The van der Waals surface area contributed by atoms with Gasteiger partial charge in [0.05, 0.1) is 18.8 Å². The molecule has 2 N–H and O–H groups in total. The number of carbonyl (C=O) groups excluding carboxylic acids is 1. The maximum absolute atomic E-state index is 12.0. The van der Waals surface area contributed by atoms with Crippen molar-refractivity contribution in [2.75, 3.05) is 19.7 Å². The Morgan fingerprint density at radius 3 is 2.78 bits per heavy atom. The first kappa shape index (κ1) is 14.8. The fourth-order valence-corrected chi connectivity index (χ4v) is 1.92. The largest absolute Gasteiger partial charge is 0.481 e. The van der Waals surface area contributed by atoms with Crippen molar-refractivity contribution in [2.45, 2.75) is 39.3 Å². The predicted octanol–water partition coefficient (Wildman–Crippen LogP) is 0.916. The van der Waals surface area contributed by atoms with Crippen LogP contribution in [0.1, 0.15) is 27.2 Å². The van der Waals surface area contributed by atoms with Gasteiger partial charge in [0.15, 0.2) is 0 Å². The van der Waals surface area contributed by atoms with E-state index in [0.717, 1.165) is 0 Å². The van der Waals surface area contributed by atoms with Crippen LogP contribution in [0.2, 0.25) is 0 Å². The summed E-state index contributed by atoms with van der Waals surface area (Å²) in [5, 5.41) is 11.4. The Labute approximate surface area is 107 Å². The molecule has 1 heterocycles. The SMILES string of the molecule is CC(CNC(=O)N1CC(C)OCC1C)CC(=O)O. The standard InChI is InChI=1S/C12H22N2O4/c1-8(4-11(15)16)5-13-12(17)14-6-10(3)18-7-9(14)2/h8-10H,4-7H2,1-3H3,(H,13,17)(H,15,16). The van der Waals surface area contributed by atoms with Crippen LogP contribution in [0.4, 0.5) is 4.79 Å². The number of ether oxygens (including phenoxy) is 1. The van der Waals surface area contributed by atoms with E-state index in [1.54, 1.807) is 11.8 Å². The molecule has 0 saturated carbocycles. The molecule has 18 heavy (non-hydrogen) atoms. The van der Waals surface area contributed by atoms with Gasteiger partial charge < -0.3 is 20.1 Å². The lowest BCUT2D eigenvalue weighted by atomic mass is 10.1. The van der Waals surface area contributed by atoms with Gasteiger partial charge in [-0.2, -0.15) is 0 Å². The molecular formula is C12H22N2O4. The molecule has 0 aliphatic carbocycles. The summed E-state index contributed by atoms with van der Waals surface area (Å²) < 4.78 is 5.45. The minimum absolute atomic E-state index is 0.0448. The predicted molar refractivity (Wildman–Crippen MR) is 66.4 cm³/mol. The number of urea groups is 1. The average molecular weight is 258 g/mol. The molecular weight excluding hydrogens is 236 g/mol. The van der Waals surface area contributed by atoms with Crippen LogP contribution in [0.15, 0.2) is 0 Å². The van der Waals surface area contributed by atoms with E-state index in [-0.39, 0.29) is 30.5 Å². The monoisotopic (exact) mass is 258 g/mol. The van der Waals surface area contributed by atoms with Crippen LogP contribution < -0.4 is 5.32 Å². The lowest BCUT2D eigenvalue weighted by Crippen LogP contribution is -2.54. The number of hydrogen-bond acceptors (Lipinski definition) is 3. The summed E-state index contributed by atoms with van der Waals surface area (Å²) in [6, 6.07) is -0.0918. The molecule has 2 amide bonds. The van der Waals surface area contributed by atoms with Crippen LogP contribution in [0.5, 0.6) is 0 Å². The maximum Gasteiger partial charge on any atom is 0.317 e. The smallest absolute Gasteiger partial charge is 0.317 e. The molecule has 1 rings (SSSR count). The van der Waals surface area contributed by atoms with Crippen molar-refractivity contribution in [3.05, 3.63) is 0 Å². The third kappa shape index (κ3) is 4.52. The van der Waals surface area contributed by atoms with Crippen LogP contribution in [0, 0.1) is 5.92 Å². The van der Waals surface area contributed by atoms with Crippen LogP contribution in [0.25, 0.3) is 0 Å². The van der Waals surface area contributed by atoms with Crippen LogP contribution in [0.3, 0.4) is 0 Å². The number of amides is 2. The van der Waals surface area contributed by atoms with Gasteiger partial charge in [-0.1, -0.05) is 6.92 Å². The molecule has 0 aromatic heterocycles. The van der Waals surface area contributed by atoms with Gasteiger partial charge in [-0.25, -0.2) is 4.79 Å². The summed E-state index contributed by atoms with van der Waals surface area (Å²) >= 11 is 0. The Kier molecular flexibility index (Phi) is 5.40. The third-order valence-electron chi connectivity index (χ3n) is 2.99. The molecule has 3 unspecified atom stereocenters. The van der Waals surface area contributed by atoms with E-state index < -0.39 is 5.97 Å². The first-order valence-corrected chi connectivity index (χ1v) is 6.28. The zero-order chi connectivity index (χ0) is 13.7. The van der Waals surface area contributed by atoms with Crippen molar-refractivity contribution in [1.29, 1.82) is 0 Å². The summed E-state index contributed by atoms with van der Waals surface area (Å²) in [5.41, 5.74) is 0. The second kappa shape index (κ2) is 6.58. The minimum Gasteiger partial charge on any atom is -0.481 e. The number of carboxylic acids is 1.